The molecule has 1 fully saturated rings. The number of nitrogens with zero attached hydrogens (tertiary/aromatic N) is 2. The van der Waals surface area contributed by atoms with Crippen molar-refractivity contribution in [1.82, 2.24) is 4.90 Å². The number of benzene rings is 1. The summed E-state index contributed by atoms with van der Waals surface area (Å²) < 4.78 is 36.8. The van der Waals surface area contributed by atoms with Gasteiger partial charge in [0.05, 0.1) is 18.2 Å². The van der Waals surface area contributed by atoms with Crippen molar-refractivity contribution in [2.24, 2.45) is 5.92 Å². The van der Waals surface area contributed by atoms with Crippen LogP contribution in [0.3, 0.4) is 0 Å². The molecule has 108 valence electrons. The van der Waals surface area contributed by atoms with Crippen LogP contribution in [0.4, 0.5) is 18.9 Å². The number of nitrogens with one attached hydrogen (secondary N) is 1. The lowest BCUT2D eigenvalue weighted by molar-refractivity contribution is -0.143. The molecular weight excluding hydrogens is 267 g/mol. The highest BCUT2D eigenvalue weighted by Crippen LogP contribution is 2.23. The smallest absolute Gasteiger partial charge is 0.385 e. The molecule has 20 heavy (non-hydrogen) atoms. The maximum Gasteiger partial charge on any atom is 0.401 e. The van der Waals surface area contributed by atoms with Crippen molar-refractivity contribution in [3.05, 3.63) is 29.8 Å². The third-order valence-electron chi connectivity index (χ3n) is 3.36. The summed E-state index contributed by atoms with van der Waals surface area (Å²) in [6.07, 6.45) is -3.36. The zero-order chi connectivity index (χ0) is 14.6. The van der Waals surface area contributed by atoms with Crippen LogP contribution in [0.2, 0.25) is 0 Å². The van der Waals surface area contributed by atoms with Gasteiger partial charge in [-0.05, 0) is 37.1 Å². The highest BCUT2D eigenvalue weighted by Gasteiger charge is 2.34. The van der Waals surface area contributed by atoms with Crippen LogP contribution in [0.25, 0.3) is 0 Å². The fraction of sp³-hybridized carbons (Fsp3) is 0.500. The molecule has 0 saturated carbocycles. The number of likely N-dealkylation sites (tertiary alicyclic amines) is 1. The summed E-state index contributed by atoms with van der Waals surface area (Å²) >= 11 is 0. The van der Waals surface area contributed by atoms with Crippen LogP contribution in [0.15, 0.2) is 24.3 Å². The lowest BCUT2D eigenvalue weighted by Crippen LogP contribution is -2.33. The Kier molecular flexibility index (Phi) is 4.50. The maximum absolute atomic E-state index is 12.3. The van der Waals surface area contributed by atoms with Crippen molar-refractivity contribution >= 4 is 5.69 Å². The van der Waals surface area contributed by atoms with Gasteiger partial charge in [0, 0.05) is 18.8 Å². The highest BCUT2D eigenvalue weighted by atomic mass is 19.4. The van der Waals surface area contributed by atoms with E-state index in [1.165, 1.54) is 4.90 Å². The van der Waals surface area contributed by atoms with E-state index in [4.69, 9.17) is 5.26 Å². The van der Waals surface area contributed by atoms with E-state index in [0.29, 0.717) is 25.2 Å². The third-order valence-corrected chi connectivity index (χ3v) is 3.36. The highest BCUT2D eigenvalue weighted by molar-refractivity contribution is 5.49. The van der Waals surface area contributed by atoms with Gasteiger partial charge in [0.15, 0.2) is 0 Å². The molecule has 1 aromatic carbocycles. The molecule has 3 nitrogen and oxygen atoms in total. The molecule has 1 atom stereocenters. The summed E-state index contributed by atoms with van der Waals surface area (Å²) in [5.41, 5.74) is 1.40. The van der Waals surface area contributed by atoms with E-state index in [9.17, 15) is 13.2 Å². The first-order valence-electron chi connectivity index (χ1n) is 6.49. The van der Waals surface area contributed by atoms with Crippen LogP contribution in [0.5, 0.6) is 0 Å². The van der Waals surface area contributed by atoms with Gasteiger partial charge < -0.3 is 5.32 Å². The molecular formula is C14H16F3N3. The number of alkyl halides is 3. The standard InChI is InChI=1S/C14H16F3N3/c15-14(16,17)10-20-5-4-12(9-20)8-19-13-3-1-2-11(6-13)7-18/h1-3,6,12,19H,4-5,8-10H2. The van der Waals surface area contributed by atoms with Crippen molar-refractivity contribution in [3.8, 4) is 6.07 Å². The molecule has 1 heterocycles. The molecule has 0 radical (unpaired) electrons. The van der Waals surface area contributed by atoms with Gasteiger partial charge >= 0.3 is 6.18 Å². The molecule has 6 heteroatoms. The molecule has 0 aromatic heterocycles. The zero-order valence-electron chi connectivity index (χ0n) is 11.0. The monoisotopic (exact) mass is 283 g/mol. The minimum atomic E-state index is -4.12. The van der Waals surface area contributed by atoms with E-state index >= 15 is 0 Å². The number of rotatable bonds is 4. The lowest BCUT2D eigenvalue weighted by Gasteiger charge is -2.18. The van der Waals surface area contributed by atoms with Crippen LogP contribution in [0.1, 0.15) is 12.0 Å². The molecule has 1 aromatic rings. The van der Waals surface area contributed by atoms with Gasteiger partial charge in [-0.3, -0.25) is 4.90 Å². The maximum atomic E-state index is 12.3. The van der Waals surface area contributed by atoms with E-state index in [2.05, 4.69) is 11.4 Å². The van der Waals surface area contributed by atoms with Gasteiger partial charge in [-0.2, -0.15) is 18.4 Å². The van der Waals surface area contributed by atoms with Crippen molar-refractivity contribution < 1.29 is 13.2 Å². The molecule has 0 bridgehead atoms. The van der Waals surface area contributed by atoms with Gasteiger partial charge in [-0.1, -0.05) is 6.07 Å². The normalized spacial score (nSPS) is 19.8. The topological polar surface area (TPSA) is 39.1 Å². The van der Waals surface area contributed by atoms with Gasteiger partial charge in [0.1, 0.15) is 0 Å². The Balaban J connectivity index is 1.79. The molecule has 1 saturated heterocycles. The fourth-order valence-corrected chi connectivity index (χ4v) is 2.44. The second-order valence-electron chi connectivity index (χ2n) is 5.08. The van der Waals surface area contributed by atoms with Gasteiger partial charge in [-0.25, -0.2) is 0 Å². The molecule has 1 aliphatic heterocycles. The SMILES string of the molecule is N#Cc1cccc(NCC2CCN(CC(F)(F)F)C2)c1. The van der Waals surface area contributed by atoms with Crippen molar-refractivity contribution in [3.63, 3.8) is 0 Å². The number of halogens is 3. The number of hydrogen-bond donors (Lipinski definition) is 1. The van der Waals surface area contributed by atoms with Crippen molar-refractivity contribution in [2.75, 3.05) is 31.5 Å². The molecule has 1 unspecified atom stereocenters. The van der Waals surface area contributed by atoms with E-state index in [1.807, 2.05) is 6.07 Å². The van der Waals surface area contributed by atoms with E-state index in [1.54, 1.807) is 18.2 Å². The Morgan fingerprint density at radius 3 is 2.90 bits per heavy atom. The van der Waals surface area contributed by atoms with Gasteiger partial charge in [-0.15, -0.1) is 0 Å². The summed E-state index contributed by atoms with van der Waals surface area (Å²) in [4.78, 5) is 1.44. The first-order valence-corrected chi connectivity index (χ1v) is 6.49. The van der Waals surface area contributed by atoms with Crippen LogP contribution in [-0.2, 0) is 0 Å². The zero-order valence-corrected chi connectivity index (χ0v) is 11.0. The van der Waals surface area contributed by atoms with Crippen molar-refractivity contribution in [2.45, 2.75) is 12.6 Å². The largest absolute Gasteiger partial charge is 0.401 e. The van der Waals surface area contributed by atoms with Crippen LogP contribution >= 0.6 is 0 Å². The Morgan fingerprint density at radius 1 is 1.40 bits per heavy atom. The average Bonchev–Trinajstić information content (AvgIpc) is 2.82. The fourth-order valence-electron chi connectivity index (χ4n) is 2.44. The van der Waals surface area contributed by atoms with Crippen LogP contribution in [0, 0.1) is 17.2 Å². The summed E-state index contributed by atoms with van der Waals surface area (Å²) in [6, 6.07) is 9.14. The first kappa shape index (κ1) is 14.7. The number of hydrogen-bond acceptors (Lipinski definition) is 3. The Morgan fingerprint density at radius 2 is 2.20 bits per heavy atom. The predicted molar refractivity (Wildman–Crippen MR) is 70.2 cm³/mol. The summed E-state index contributed by atoms with van der Waals surface area (Å²) in [6.45, 7) is 0.755. The molecule has 0 aliphatic carbocycles. The molecule has 1 N–H and O–H groups in total. The molecule has 1 aliphatic rings. The molecule has 0 spiro atoms. The van der Waals surface area contributed by atoms with E-state index in [0.717, 1.165) is 12.1 Å². The Hall–Kier alpha value is -1.74. The first-order chi connectivity index (χ1) is 9.46. The lowest BCUT2D eigenvalue weighted by atomic mass is 10.1. The molecule has 0 amide bonds. The number of anilines is 1. The third kappa shape index (κ3) is 4.42. The Bertz CT molecular complexity index is 493. The second-order valence-corrected chi connectivity index (χ2v) is 5.08. The molecule has 2 rings (SSSR count). The minimum absolute atomic E-state index is 0.211. The summed E-state index contributed by atoms with van der Waals surface area (Å²) in [7, 11) is 0. The minimum Gasteiger partial charge on any atom is -0.385 e. The van der Waals surface area contributed by atoms with Crippen LogP contribution in [-0.4, -0.2) is 37.3 Å². The predicted octanol–water partition coefficient (Wildman–Crippen LogP) is 2.85. The second kappa shape index (κ2) is 6.14. The average molecular weight is 283 g/mol. The van der Waals surface area contributed by atoms with Crippen molar-refractivity contribution in [1.29, 1.82) is 5.26 Å². The number of nitriles is 1. The Labute approximate surface area is 116 Å². The van der Waals surface area contributed by atoms with Crippen LogP contribution < -0.4 is 5.32 Å². The van der Waals surface area contributed by atoms with Gasteiger partial charge in [0.25, 0.3) is 0 Å². The van der Waals surface area contributed by atoms with Gasteiger partial charge in [0.2, 0.25) is 0 Å². The summed E-state index contributed by atoms with van der Waals surface area (Å²) in [5, 5.41) is 12.0. The quantitative estimate of drug-likeness (QED) is 0.923. The summed E-state index contributed by atoms with van der Waals surface area (Å²) in [5.74, 6) is 0.211. The van der Waals surface area contributed by atoms with E-state index < -0.39 is 12.7 Å². The van der Waals surface area contributed by atoms with E-state index in [-0.39, 0.29) is 5.92 Å².